The van der Waals surface area contributed by atoms with E-state index in [-0.39, 0.29) is 10.6 Å². The predicted molar refractivity (Wildman–Crippen MR) is 115 cm³/mol. The highest BCUT2D eigenvalue weighted by Crippen LogP contribution is 2.33. The molecule has 30 heavy (non-hydrogen) atoms. The minimum Gasteiger partial charge on any atom is -0.497 e. The van der Waals surface area contributed by atoms with Gasteiger partial charge < -0.3 is 14.4 Å². The van der Waals surface area contributed by atoms with Gasteiger partial charge in [-0.25, -0.2) is 0 Å². The molecule has 4 rings (SSSR count). The maximum absolute atomic E-state index is 11.4. The summed E-state index contributed by atoms with van der Waals surface area (Å²) in [6, 6.07) is 11.1. The minimum atomic E-state index is -0.354. The molecule has 0 amide bonds. The van der Waals surface area contributed by atoms with E-state index < -0.39 is 0 Å². The van der Waals surface area contributed by atoms with Gasteiger partial charge in [0.15, 0.2) is 0 Å². The second kappa shape index (κ2) is 8.54. The number of fused-ring (bicyclic) bond motifs is 1. The van der Waals surface area contributed by atoms with Crippen molar-refractivity contribution in [1.82, 2.24) is 9.88 Å². The molecule has 156 valence electrons. The average molecular weight is 408 g/mol. The Balaban J connectivity index is 1.51. The van der Waals surface area contributed by atoms with Crippen molar-refractivity contribution in [2.24, 2.45) is 0 Å². The van der Waals surface area contributed by atoms with Crippen molar-refractivity contribution in [2.45, 2.75) is 6.54 Å². The number of nitrogens with zero attached hydrogens (tertiary/aromatic N) is 4. The van der Waals surface area contributed by atoms with Crippen LogP contribution in [0.15, 0.2) is 48.8 Å². The quantitative estimate of drug-likeness (QED) is 0.456. The minimum absolute atomic E-state index is 0.0885. The number of methoxy groups -OCH3 is 2. The van der Waals surface area contributed by atoms with Gasteiger partial charge in [0.2, 0.25) is 0 Å². The molecule has 1 aliphatic rings. The van der Waals surface area contributed by atoms with Gasteiger partial charge in [0.05, 0.1) is 24.5 Å². The number of ether oxygens (including phenoxy) is 2. The molecule has 0 bridgehead atoms. The number of hydrogen-bond donors (Lipinski definition) is 0. The second-order valence-corrected chi connectivity index (χ2v) is 7.22. The van der Waals surface area contributed by atoms with Crippen molar-refractivity contribution in [1.29, 1.82) is 0 Å². The Labute approximate surface area is 174 Å². The third-order valence-electron chi connectivity index (χ3n) is 5.56. The lowest BCUT2D eigenvalue weighted by Gasteiger charge is -2.36. The highest BCUT2D eigenvalue weighted by molar-refractivity contribution is 5.99. The van der Waals surface area contributed by atoms with E-state index in [1.54, 1.807) is 32.7 Å². The zero-order valence-corrected chi connectivity index (χ0v) is 17.1. The number of hydrogen-bond acceptors (Lipinski definition) is 7. The van der Waals surface area contributed by atoms with Gasteiger partial charge in [-0.1, -0.05) is 0 Å². The molecule has 0 N–H and O–H groups in total. The molecule has 0 aliphatic carbocycles. The van der Waals surface area contributed by atoms with Gasteiger partial charge in [-0.05, 0) is 30.3 Å². The molecule has 0 unspecified atom stereocenters. The molecule has 0 saturated carbocycles. The lowest BCUT2D eigenvalue weighted by atomic mass is 10.1. The molecule has 1 aliphatic heterocycles. The molecule has 8 nitrogen and oxygen atoms in total. The van der Waals surface area contributed by atoms with Crippen LogP contribution in [0.4, 0.5) is 11.4 Å². The van der Waals surface area contributed by atoms with E-state index in [4.69, 9.17) is 9.47 Å². The number of rotatable bonds is 6. The zero-order valence-electron chi connectivity index (χ0n) is 17.1. The monoisotopic (exact) mass is 408 g/mol. The number of aromatic nitrogens is 1. The van der Waals surface area contributed by atoms with Gasteiger partial charge in [-0.2, -0.15) is 0 Å². The lowest BCUT2D eigenvalue weighted by Crippen LogP contribution is -2.46. The van der Waals surface area contributed by atoms with E-state index in [0.717, 1.165) is 60.9 Å². The van der Waals surface area contributed by atoms with Gasteiger partial charge in [-0.3, -0.25) is 20.0 Å². The van der Waals surface area contributed by atoms with Crippen LogP contribution in [0.5, 0.6) is 11.5 Å². The largest absolute Gasteiger partial charge is 0.497 e. The molecule has 3 aromatic rings. The van der Waals surface area contributed by atoms with Crippen LogP contribution in [0.1, 0.15) is 5.56 Å². The first-order chi connectivity index (χ1) is 14.6. The third-order valence-corrected chi connectivity index (χ3v) is 5.56. The highest BCUT2D eigenvalue weighted by atomic mass is 16.6. The summed E-state index contributed by atoms with van der Waals surface area (Å²) in [6.07, 6.45) is 3.25. The summed E-state index contributed by atoms with van der Waals surface area (Å²) in [5.74, 6) is 1.67. The molecule has 1 aromatic heterocycles. The number of pyridine rings is 1. The van der Waals surface area contributed by atoms with Crippen molar-refractivity contribution >= 4 is 22.1 Å². The number of anilines is 1. The SMILES string of the molecule is COc1ccc(OC)c(CN2CCN(c3ccc([N+](=O)[O-])c4cnccc34)CC2)c1. The molecular weight excluding hydrogens is 384 g/mol. The first-order valence-electron chi connectivity index (χ1n) is 9.80. The zero-order chi connectivity index (χ0) is 21.1. The number of nitro groups is 1. The fraction of sp³-hybridized carbons (Fsp3) is 0.318. The Hall–Kier alpha value is -3.39. The van der Waals surface area contributed by atoms with Crippen molar-refractivity contribution in [3.05, 3.63) is 64.5 Å². The highest BCUT2D eigenvalue weighted by Gasteiger charge is 2.22. The van der Waals surface area contributed by atoms with Crippen molar-refractivity contribution in [2.75, 3.05) is 45.3 Å². The number of non-ortho nitro benzene ring substituents is 1. The Morgan fingerprint density at radius 2 is 1.83 bits per heavy atom. The summed E-state index contributed by atoms with van der Waals surface area (Å²) in [7, 11) is 3.34. The van der Waals surface area contributed by atoms with E-state index in [9.17, 15) is 10.1 Å². The molecule has 0 spiro atoms. The molecule has 0 atom stereocenters. The first-order valence-corrected chi connectivity index (χ1v) is 9.80. The van der Waals surface area contributed by atoms with Crippen molar-refractivity contribution in [3.8, 4) is 11.5 Å². The Morgan fingerprint density at radius 1 is 1.03 bits per heavy atom. The summed E-state index contributed by atoms with van der Waals surface area (Å²) < 4.78 is 10.9. The average Bonchev–Trinajstić information content (AvgIpc) is 2.78. The normalized spacial score (nSPS) is 14.7. The van der Waals surface area contributed by atoms with Crippen LogP contribution in [-0.4, -0.2) is 55.2 Å². The summed E-state index contributed by atoms with van der Waals surface area (Å²) in [4.78, 5) is 19.7. The maximum atomic E-state index is 11.4. The molecule has 2 aromatic carbocycles. The van der Waals surface area contributed by atoms with Gasteiger partial charge in [0, 0.05) is 67.8 Å². The van der Waals surface area contributed by atoms with Gasteiger partial charge >= 0.3 is 0 Å². The fourth-order valence-corrected chi connectivity index (χ4v) is 3.99. The standard InChI is InChI=1S/C22H24N4O4/c1-29-17-3-6-22(30-2)16(13-17)15-24-9-11-25(12-10-24)20-4-5-21(26(27)28)19-14-23-8-7-18(19)20/h3-8,13-14H,9-12,15H2,1-2H3. The number of benzene rings is 2. The Kier molecular flexibility index (Phi) is 5.67. The molecule has 1 saturated heterocycles. The first kappa shape index (κ1) is 19.9. The lowest BCUT2D eigenvalue weighted by molar-refractivity contribution is -0.383. The van der Waals surface area contributed by atoms with Crippen molar-refractivity contribution in [3.63, 3.8) is 0 Å². The Bertz CT molecular complexity index is 1060. The molecule has 2 heterocycles. The van der Waals surface area contributed by atoms with Gasteiger partial charge in [-0.15, -0.1) is 0 Å². The van der Waals surface area contributed by atoms with E-state index in [0.29, 0.717) is 5.39 Å². The third kappa shape index (κ3) is 3.86. The van der Waals surface area contributed by atoms with Crippen LogP contribution in [0.3, 0.4) is 0 Å². The number of nitro benzene ring substituents is 1. The Morgan fingerprint density at radius 3 is 2.53 bits per heavy atom. The summed E-state index contributed by atoms with van der Waals surface area (Å²) in [5, 5.41) is 12.8. The topological polar surface area (TPSA) is 81.0 Å². The molecular formula is C22H24N4O4. The number of piperazine rings is 1. The molecule has 8 heteroatoms. The van der Waals surface area contributed by atoms with Crippen LogP contribution in [0.25, 0.3) is 10.8 Å². The smallest absolute Gasteiger partial charge is 0.278 e. The predicted octanol–water partition coefficient (Wildman–Crippen LogP) is 3.48. The maximum Gasteiger partial charge on any atom is 0.278 e. The van der Waals surface area contributed by atoms with Crippen LogP contribution >= 0.6 is 0 Å². The van der Waals surface area contributed by atoms with Crippen molar-refractivity contribution < 1.29 is 14.4 Å². The molecule has 1 fully saturated rings. The van der Waals surface area contributed by atoms with E-state index in [1.165, 1.54) is 0 Å². The van der Waals surface area contributed by atoms with Crippen LogP contribution < -0.4 is 14.4 Å². The van der Waals surface area contributed by atoms with Crippen LogP contribution in [-0.2, 0) is 6.54 Å². The second-order valence-electron chi connectivity index (χ2n) is 7.22. The van der Waals surface area contributed by atoms with Crippen LogP contribution in [0, 0.1) is 10.1 Å². The molecule has 0 radical (unpaired) electrons. The van der Waals surface area contributed by atoms with E-state index in [1.807, 2.05) is 30.3 Å². The van der Waals surface area contributed by atoms with E-state index >= 15 is 0 Å². The van der Waals surface area contributed by atoms with Gasteiger partial charge in [0.25, 0.3) is 5.69 Å². The summed E-state index contributed by atoms with van der Waals surface area (Å²) in [5.41, 5.74) is 2.19. The van der Waals surface area contributed by atoms with Crippen LogP contribution in [0.2, 0.25) is 0 Å². The van der Waals surface area contributed by atoms with E-state index in [2.05, 4.69) is 14.8 Å². The fourth-order valence-electron chi connectivity index (χ4n) is 3.99. The summed E-state index contributed by atoms with van der Waals surface area (Å²) in [6.45, 7) is 4.20. The summed E-state index contributed by atoms with van der Waals surface area (Å²) >= 11 is 0. The van der Waals surface area contributed by atoms with Gasteiger partial charge in [0.1, 0.15) is 11.5 Å².